The molecule has 78 valence electrons. The molecule has 2 rings (SSSR count). The average molecular weight is 205 g/mol. The molecule has 0 atom stereocenters. The molecule has 0 aliphatic heterocycles. The lowest BCUT2D eigenvalue weighted by molar-refractivity contribution is 0.161. The molecule has 1 aromatic heterocycles. The molecule has 0 amide bonds. The summed E-state index contributed by atoms with van der Waals surface area (Å²) in [7, 11) is 1.72. The van der Waals surface area contributed by atoms with E-state index in [0.29, 0.717) is 28.0 Å². The lowest BCUT2D eigenvalue weighted by Gasteiger charge is -2.06. The smallest absolute Gasteiger partial charge is 0.294 e. The number of rotatable bonds is 2. The lowest BCUT2D eigenvalue weighted by Crippen LogP contribution is -2.25. The normalized spacial score (nSPS) is 10.7. The van der Waals surface area contributed by atoms with E-state index in [1.54, 1.807) is 31.3 Å². The van der Waals surface area contributed by atoms with Gasteiger partial charge in [-0.2, -0.15) is 0 Å². The summed E-state index contributed by atoms with van der Waals surface area (Å²) in [6.45, 7) is 0.344. The number of hydrogen-bond donors (Lipinski definition) is 2. The van der Waals surface area contributed by atoms with Crippen LogP contribution in [0.4, 0.5) is 0 Å². The maximum Gasteiger partial charge on any atom is 0.294 e. The van der Waals surface area contributed by atoms with Crippen LogP contribution in [0, 0.1) is 0 Å². The molecule has 15 heavy (non-hydrogen) atoms. The van der Waals surface area contributed by atoms with E-state index in [1.165, 1.54) is 0 Å². The van der Waals surface area contributed by atoms with Crippen LogP contribution in [0.3, 0.4) is 0 Å². The van der Waals surface area contributed by atoms with Crippen molar-refractivity contribution in [3.8, 4) is 0 Å². The number of benzene rings is 1. The SMILES string of the molecule is CNCc1nc2ccccc2c(=O)n1O. The summed E-state index contributed by atoms with van der Waals surface area (Å²) in [5, 5.41) is 12.8. The maximum absolute atomic E-state index is 11.7. The largest absolute Gasteiger partial charge is 0.424 e. The zero-order chi connectivity index (χ0) is 10.8. The van der Waals surface area contributed by atoms with Crippen molar-refractivity contribution in [1.82, 2.24) is 15.0 Å². The zero-order valence-electron chi connectivity index (χ0n) is 8.27. The van der Waals surface area contributed by atoms with Crippen LogP contribution in [0.5, 0.6) is 0 Å². The molecule has 0 fully saturated rings. The number of nitrogens with one attached hydrogen (secondary N) is 1. The van der Waals surface area contributed by atoms with Gasteiger partial charge >= 0.3 is 0 Å². The van der Waals surface area contributed by atoms with Gasteiger partial charge in [0.05, 0.1) is 17.4 Å². The van der Waals surface area contributed by atoms with Crippen LogP contribution in [0.1, 0.15) is 5.82 Å². The third-order valence-corrected chi connectivity index (χ3v) is 2.16. The van der Waals surface area contributed by atoms with E-state index in [2.05, 4.69) is 10.3 Å². The minimum Gasteiger partial charge on any atom is -0.424 e. The van der Waals surface area contributed by atoms with Crippen LogP contribution < -0.4 is 10.9 Å². The molecule has 0 aliphatic rings. The third-order valence-electron chi connectivity index (χ3n) is 2.16. The maximum atomic E-state index is 11.7. The molecule has 1 heterocycles. The second-order valence-corrected chi connectivity index (χ2v) is 3.19. The van der Waals surface area contributed by atoms with Crippen molar-refractivity contribution in [3.63, 3.8) is 0 Å². The predicted molar refractivity (Wildman–Crippen MR) is 56.0 cm³/mol. The Morgan fingerprint density at radius 3 is 2.93 bits per heavy atom. The molecular formula is C10H11N3O2. The topological polar surface area (TPSA) is 67.2 Å². The minimum absolute atomic E-state index is 0.307. The average Bonchev–Trinajstić information content (AvgIpc) is 2.26. The van der Waals surface area contributed by atoms with Crippen molar-refractivity contribution >= 4 is 10.9 Å². The standard InChI is InChI=1S/C10H11N3O2/c1-11-6-9-12-8-5-3-2-4-7(8)10(14)13(9)15/h2-5,11,15H,6H2,1H3. The van der Waals surface area contributed by atoms with E-state index in [9.17, 15) is 10.0 Å². The molecule has 5 nitrogen and oxygen atoms in total. The van der Waals surface area contributed by atoms with Gasteiger partial charge in [-0.15, -0.1) is 4.73 Å². The van der Waals surface area contributed by atoms with Crippen LogP contribution in [0.25, 0.3) is 10.9 Å². The Morgan fingerprint density at radius 2 is 2.20 bits per heavy atom. The molecule has 0 aliphatic carbocycles. The van der Waals surface area contributed by atoms with Gasteiger partial charge in [0.25, 0.3) is 5.56 Å². The van der Waals surface area contributed by atoms with Crippen molar-refractivity contribution in [1.29, 1.82) is 0 Å². The van der Waals surface area contributed by atoms with Crippen LogP contribution in [0.15, 0.2) is 29.1 Å². The summed E-state index contributed by atoms with van der Waals surface area (Å²) in [5.74, 6) is 0.307. The first kappa shape index (κ1) is 9.67. The quantitative estimate of drug-likeness (QED) is 0.694. The first-order valence-electron chi connectivity index (χ1n) is 4.58. The highest BCUT2D eigenvalue weighted by Gasteiger charge is 2.08. The van der Waals surface area contributed by atoms with Crippen molar-refractivity contribution < 1.29 is 5.21 Å². The van der Waals surface area contributed by atoms with Gasteiger partial charge in [0.15, 0.2) is 5.82 Å². The van der Waals surface area contributed by atoms with E-state index in [1.807, 2.05) is 0 Å². The number of fused-ring (bicyclic) bond motifs is 1. The van der Waals surface area contributed by atoms with E-state index < -0.39 is 5.56 Å². The Labute approximate surface area is 86.0 Å². The van der Waals surface area contributed by atoms with E-state index in [-0.39, 0.29) is 0 Å². The summed E-state index contributed by atoms with van der Waals surface area (Å²) in [6.07, 6.45) is 0. The summed E-state index contributed by atoms with van der Waals surface area (Å²) in [5.41, 5.74) is 0.156. The Bertz CT molecular complexity index is 548. The van der Waals surface area contributed by atoms with Gasteiger partial charge in [0.1, 0.15) is 0 Å². The summed E-state index contributed by atoms with van der Waals surface area (Å²) < 4.78 is 0.582. The van der Waals surface area contributed by atoms with Gasteiger partial charge in [0.2, 0.25) is 0 Å². The Kier molecular flexibility index (Phi) is 2.39. The van der Waals surface area contributed by atoms with Crippen LogP contribution in [-0.2, 0) is 6.54 Å². The number of hydrogen-bond acceptors (Lipinski definition) is 4. The van der Waals surface area contributed by atoms with Gasteiger partial charge in [-0.05, 0) is 19.2 Å². The van der Waals surface area contributed by atoms with Crippen molar-refractivity contribution in [2.45, 2.75) is 6.54 Å². The van der Waals surface area contributed by atoms with Crippen molar-refractivity contribution in [2.75, 3.05) is 7.05 Å². The third kappa shape index (κ3) is 1.57. The summed E-state index contributed by atoms with van der Waals surface area (Å²) in [4.78, 5) is 15.8. The first-order chi connectivity index (χ1) is 7.24. The molecule has 0 unspecified atom stereocenters. The molecule has 0 spiro atoms. The fourth-order valence-electron chi connectivity index (χ4n) is 1.44. The summed E-state index contributed by atoms with van der Waals surface area (Å²) in [6, 6.07) is 6.93. The molecule has 0 saturated heterocycles. The van der Waals surface area contributed by atoms with E-state index in [0.717, 1.165) is 0 Å². The molecule has 0 bridgehead atoms. The molecule has 1 aromatic carbocycles. The molecular weight excluding hydrogens is 194 g/mol. The molecule has 0 saturated carbocycles. The molecule has 2 aromatic rings. The zero-order valence-corrected chi connectivity index (χ0v) is 8.27. The Morgan fingerprint density at radius 1 is 1.47 bits per heavy atom. The molecule has 2 N–H and O–H groups in total. The number of nitrogens with zero attached hydrogens (tertiary/aromatic N) is 2. The predicted octanol–water partition coefficient (Wildman–Crippen LogP) is 0.353. The number of para-hydroxylation sites is 1. The highest BCUT2D eigenvalue weighted by atomic mass is 16.5. The van der Waals surface area contributed by atoms with E-state index >= 15 is 0 Å². The fourth-order valence-corrected chi connectivity index (χ4v) is 1.44. The summed E-state index contributed by atoms with van der Waals surface area (Å²) >= 11 is 0. The number of aromatic nitrogens is 2. The monoisotopic (exact) mass is 205 g/mol. The van der Waals surface area contributed by atoms with Gasteiger partial charge < -0.3 is 10.5 Å². The Hall–Kier alpha value is -1.88. The van der Waals surface area contributed by atoms with Crippen molar-refractivity contribution in [2.24, 2.45) is 0 Å². The molecule has 5 heteroatoms. The van der Waals surface area contributed by atoms with Crippen LogP contribution in [0.2, 0.25) is 0 Å². The van der Waals surface area contributed by atoms with E-state index in [4.69, 9.17) is 0 Å². The molecule has 0 radical (unpaired) electrons. The highest BCUT2D eigenvalue weighted by Crippen LogP contribution is 2.06. The van der Waals surface area contributed by atoms with Crippen LogP contribution >= 0.6 is 0 Å². The van der Waals surface area contributed by atoms with Gasteiger partial charge in [-0.25, -0.2) is 4.98 Å². The second-order valence-electron chi connectivity index (χ2n) is 3.19. The van der Waals surface area contributed by atoms with Crippen LogP contribution in [-0.4, -0.2) is 22.0 Å². The highest BCUT2D eigenvalue weighted by molar-refractivity contribution is 5.77. The van der Waals surface area contributed by atoms with Crippen molar-refractivity contribution in [3.05, 3.63) is 40.4 Å². The minimum atomic E-state index is -0.439. The Balaban J connectivity index is 2.77. The van der Waals surface area contributed by atoms with Gasteiger partial charge in [0, 0.05) is 0 Å². The lowest BCUT2D eigenvalue weighted by atomic mass is 10.2. The first-order valence-corrected chi connectivity index (χ1v) is 4.58. The van der Waals surface area contributed by atoms with Gasteiger partial charge in [-0.3, -0.25) is 4.79 Å². The fraction of sp³-hybridized carbons (Fsp3) is 0.200. The van der Waals surface area contributed by atoms with Gasteiger partial charge in [-0.1, -0.05) is 12.1 Å². The second kappa shape index (κ2) is 3.70.